The third-order valence-electron chi connectivity index (χ3n) is 2.47. The molecule has 0 radical (unpaired) electrons. The van der Waals surface area contributed by atoms with Gasteiger partial charge in [0.05, 0.1) is 11.6 Å². The zero-order valence-corrected chi connectivity index (χ0v) is 8.68. The van der Waals surface area contributed by atoms with Gasteiger partial charge in [-0.3, -0.25) is 0 Å². The smallest absolute Gasteiger partial charge is 0.0991 e. The summed E-state index contributed by atoms with van der Waals surface area (Å²) in [7, 11) is 0. The van der Waals surface area contributed by atoms with Crippen molar-refractivity contribution in [3.05, 3.63) is 35.4 Å². The predicted octanol–water partition coefficient (Wildman–Crippen LogP) is 1.74. The van der Waals surface area contributed by atoms with Crippen molar-refractivity contribution in [3.63, 3.8) is 0 Å². The molecular weight excluding hydrogens is 196 g/mol. The van der Waals surface area contributed by atoms with Crippen LogP contribution < -0.4 is 5.32 Å². The van der Waals surface area contributed by atoms with E-state index >= 15 is 0 Å². The van der Waals surface area contributed by atoms with E-state index in [0.717, 1.165) is 31.0 Å². The average molecular weight is 209 g/mol. The Kier molecular flexibility index (Phi) is 3.94. The van der Waals surface area contributed by atoms with Crippen LogP contribution in [0.5, 0.6) is 0 Å². The number of nitrogens with one attached hydrogen (secondary N) is 1. The number of nitrogens with zero attached hydrogens (tertiary/aromatic N) is 1. The highest BCUT2D eigenvalue weighted by molar-refractivity contribution is 5.85. The van der Waals surface area contributed by atoms with Crippen molar-refractivity contribution >= 4 is 12.4 Å². The maximum Gasteiger partial charge on any atom is 0.0991 e. The van der Waals surface area contributed by atoms with E-state index in [2.05, 4.69) is 23.5 Å². The molecule has 3 heteroatoms. The minimum atomic E-state index is 0. The zero-order chi connectivity index (χ0) is 9.10. The van der Waals surface area contributed by atoms with Crippen molar-refractivity contribution < 1.29 is 0 Å². The van der Waals surface area contributed by atoms with Gasteiger partial charge < -0.3 is 5.32 Å². The van der Waals surface area contributed by atoms with Crippen LogP contribution in [-0.4, -0.2) is 13.1 Å². The number of hydrogen-bond acceptors (Lipinski definition) is 2. The predicted molar refractivity (Wildman–Crippen MR) is 58.5 cm³/mol. The van der Waals surface area contributed by atoms with Crippen LogP contribution in [0.2, 0.25) is 0 Å². The van der Waals surface area contributed by atoms with Gasteiger partial charge >= 0.3 is 0 Å². The average Bonchev–Trinajstić information content (AvgIpc) is 2.12. The lowest BCUT2D eigenvalue weighted by Gasteiger charge is -2.26. The van der Waals surface area contributed by atoms with Gasteiger partial charge in [0.1, 0.15) is 0 Å². The lowest BCUT2D eigenvalue weighted by atomic mass is 9.94. The molecule has 0 amide bonds. The van der Waals surface area contributed by atoms with Gasteiger partial charge in [0.25, 0.3) is 0 Å². The van der Waals surface area contributed by atoms with Gasteiger partial charge in [-0.2, -0.15) is 5.26 Å². The van der Waals surface area contributed by atoms with Crippen LogP contribution in [0, 0.1) is 17.2 Å². The molecule has 2 rings (SSSR count). The Hall–Kier alpha value is -1.04. The van der Waals surface area contributed by atoms with Crippen LogP contribution in [0.25, 0.3) is 0 Å². The van der Waals surface area contributed by atoms with Crippen molar-refractivity contribution in [2.24, 2.45) is 5.92 Å². The number of rotatable bonds is 2. The molecule has 1 aliphatic rings. The van der Waals surface area contributed by atoms with E-state index in [0.29, 0.717) is 0 Å². The summed E-state index contributed by atoms with van der Waals surface area (Å²) in [5, 5.41) is 11.9. The molecule has 0 unspecified atom stereocenters. The molecule has 0 atom stereocenters. The van der Waals surface area contributed by atoms with E-state index in [1.54, 1.807) is 0 Å². The van der Waals surface area contributed by atoms with Crippen LogP contribution in [-0.2, 0) is 6.42 Å². The maximum absolute atomic E-state index is 8.61. The van der Waals surface area contributed by atoms with Crippen LogP contribution in [0.1, 0.15) is 11.1 Å². The number of halogens is 1. The summed E-state index contributed by atoms with van der Waals surface area (Å²) in [4.78, 5) is 0. The van der Waals surface area contributed by atoms with E-state index in [-0.39, 0.29) is 12.4 Å². The third kappa shape index (κ3) is 2.47. The molecule has 0 aliphatic carbocycles. The summed E-state index contributed by atoms with van der Waals surface area (Å²) in [5.74, 6) is 0.799. The van der Waals surface area contributed by atoms with Gasteiger partial charge in [0.15, 0.2) is 0 Å². The molecule has 2 nitrogen and oxygen atoms in total. The van der Waals surface area contributed by atoms with E-state index in [4.69, 9.17) is 5.26 Å². The van der Waals surface area contributed by atoms with E-state index < -0.39 is 0 Å². The summed E-state index contributed by atoms with van der Waals surface area (Å²) < 4.78 is 0. The lowest BCUT2D eigenvalue weighted by Crippen LogP contribution is -2.43. The molecule has 1 N–H and O–H groups in total. The quantitative estimate of drug-likeness (QED) is 0.804. The first-order valence-corrected chi connectivity index (χ1v) is 4.58. The molecule has 1 aromatic carbocycles. The Balaban J connectivity index is 0.000000980. The largest absolute Gasteiger partial charge is 0.316 e. The van der Waals surface area contributed by atoms with Crippen molar-refractivity contribution in [2.45, 2.75) is 6.42 Å². The highest BCUT2D eigenvalue weighted by atomic mass is 35.5. The van der Waals surface area contributed by atoms with E-state index in [1.807, 2.05) is 12.1 Å². The molecule has 74 valence electrons. The first kappa shape index (κ1) is 11.0. The SMILES string of the molecule is Cl.N#Cc1ccc(CC2CNC2)cc1. The van der Waals surface area contributed by atoms with Crippen molar-refractivity contribution in [1.82, 2.24) is 5.32 Å². The van der Waals surface area contributed by atoms with E-state index in [1.165, 1.54) is 5.56 Å². The molecular formula is C11H13ClN2. The number of hydrogen-bond donors (Lipinski definition) is 1. The first-order chi connectivity index (χ1) is 6.38. The van der Waals surface area contributed by atoms with Crippen molar-refractivity contribution in [2.75, 3.05) is 13.1 Å². The minimum absolute atomic E-state index is 0. The summed E-state index contributed by atoms with van der Waals surface area (Å²) in [5.41, 5.74) is 2.08. The molecule has 0 aromatic heterocycles. The Morgan fingerprint density at radius 3 is 2.36 bits per heavy atom. The molecule has 1 aliphatic heterocycles. The second kappa shape index (κ2) is 4.99. The molecule has 1 heterocycles. The first-order valence-electron chi connectivity index (χ1n) is 4.58. The topological polar surface area (TPSA) is 35.8 Å². The minimum Gasteiger partial charge on any atom is -0.316 e. The summed E-state index contributed by atoms with van der Waals surface area (Å²) in [6.07, 6.45) is 1.14. The highest BCUT2D eigenvalue weighted by Gasteiger charge is 2.16. The van der Waals surface area contributed by atoms with Gasteiger partial charge in [-0.15, -0.1) is 12.4 Å². The zero-order valence-electron chi connectivity index (χ0n) is 7.86. The fourth-order valence-corrected chi connectivity index (χ4v) is 1.54. The van der Waals surface area contributed by atoms with Gasteiger partial charge in [0.2, 0.25) is 0 Å². The molecule has 1 fully saturated rings. The standard InChI is InChI=1S/C11H12N2.ClH/c12-6-10-3-1-9(2-4-10)5-11-7-13-8-11;/h1-4,11,13H,5,7-8H2;1H. The van der Waals surface area contributed by atoms with E-state index in [9.17, 15) is 0 Å². The second-order valence-corrected chi connectivity index (χ2v) is 3.54. The fourth-order valence-electron chi connectivity index (χ4n) is 1.54. The lowest BCUT2D eigenvalue weighted by molar-refractivity contribution is 0.346. The second-order valence-electron chi connectivity index (χ2n) is 3.54. The number of benzene rings is 1. The van der Waals surface area contributed by atoms with Crippen LogP contribution >= 0.6 is 12.4 Å². The normalized spacial score (nSPS) is 15.1. The van der Waals surface area contributed by atoms with Gasteiger partial charge in [-0.1, -0.05) is 12.1 Å². The molecule has 1 aromatic rings. The summed E-state index contributed by atoms with van der Waals surface area (Å²) in [6.45, 7) is 2.28. The van der Waals surface area contributed by atoms with Gasteiger partial charge in [-0.25, -0.2) is 0 Å². The van der Waals surface area contributed by atoms with Crippen LogP contribution in [0.15, 0.2) is 24.3 Å². The third-order valence-corrected chi connectivity index (χ3v) is 2.47. The van der Waals surface area contributed by atoms with Gasteiger partial charge in [0, 0.05) is 0 Å². The summed E-state index contributed by atoms with van der Waals surface area (Å²) >= 11 is 0. The Bertz CT molecular complexity index is 322. The summed E-state index contributed by atoms with van der Waals surface area (Å²) in [6, 6.07) is 10.0. The van der Waals surface area contributed by atoms with Gasteiger partial charge in [-0.05, 0) is 43.1 Å². The Labute approximate surface area is 90.3 Å². The molecule has 0 spiro atoms. The molecule has 14 heavy (non-hydrogen) atoms. The van der Waals surface area contributed by atoms with Crippen LogP contribution in [0.4, 0.5) is 0 Å². The molecule has 1 saturated heterocycles. The highest BCUT2D eigenvalue weighted by Crippen LogP contribution is 2.12. The fraction of sp³-hybridized carbons (Fsp3) is 0.364. The van der Waals surface area contributed by atoms with Crippen LogP contribution in [0.3, 0.4) is 0 Å². The van der Waals surface area contributed by atoms with Crippen molar-refractivity contribution in [1.29, 1.82) is 5.26 Å². The Morgan fingerprint density at radius 2 is 1.93 bits per heavy atom. The monoisotopic (exact) mass is 208 g/mol. The number of nitriles is 1. The Morgan fingerprint density at radius 1 is 1.29 bits per heavy atom. The molecule has 0 bridgehead atoms. The van der Waals surface area contributed by atoms with Crippen molar-refractivity contribution in [3.8, 4) is 6.07 Å². The maximum atomic E-state index is 8.61. The molecule has 0 saturated carbocycles.